The molecule has 0 aliphatic rings. The zero-order valence-electron chi connectivity index (χ0n) is 5.70. The van der Waals surface area contributed by atoms with Gasteiger partial charge >= 0.3 is 0 Å². The van der Waals surface area contributed by atoms with Gasteiger partial charge in [-0.15, -0.1) is 0 Å². The summed E-state index contributed by atoms with van der Waals surface area (Å²) in [4.78, 5) is 0. The molecule has 3 nitrogen and oxygen atoms in total. The minimum Gasteiger partial charge on any atom is -0.390 e. The maximum atomic E-state index is 9.06. The molecule has 0 saturated carbocycles. The molecule has 0 aromatic rings. The standard InChI is InChI=1S/C6H13O3/c1-4(7)6(3,9)5(2)8/h4-5,7-9H,3H2,1-2H3. The maximum absolute atomic E-state index is 9.06. The van der Waals surface area contributed by atoms with E-state index in [0.29, 0.717) is 0 Å². The fourth-order valence-corrected chi connectivity index (χ4v) is 0.349. The van der Waals surface area contributed by atoms with Gasteiger partial charge in [0.15, 0.2) is 0 Å². The van der Waals surface area contributed by atoms with Gasteiger partial charge in [-0.2, -0.15) is 0 Å². The molecule has 0 bridgehead atoms. The lowest BCUT2D eigenvalue weighted by molar-refractivity contribution is -0.103. The van der Waals surface area contributed by atoms with E-state index >= 15 is 0 Å². The summed E-state index contributed by atoms with van der Waals surface area (Å²) >= 11 is 0. The van der Waals surface area contributed by atoms with E-state index in [-0.39, 0.29) is 0 Å². The summed E-state index contributed by atoms with van der Waals surface area (Å²) in [6.07, 6.45) is -2.03. The molecule has 9 heavy (non-hydrogen) atoms. The predicted octanol–water partition coefficient (Wildman–Crippen LogP) is -0.687. The van der Waals surface area contributed by atoms with E-state index in [1.165, 1.54) is 13.8 Å². The third-order valence-corrected chi connectivity index (χ3v) is 1.45. The first kappa shape index (κ1) is 8.88. The Kier molecular flexibility index (Phi) is 2.61. The van der Waals surface area contributed by atoms with Gasteiger partial charge in [0.2, 0.25) is 0 Å². The van der Waals surface area contributed by atoms with Crippen LogP contribution in [0.5, 0.6) is 0 Å². The third-order valence-electron chi connectivity index (χ3n) is 1.45. The molecule has 0 aromatic carbocycles. The Bertz CT molecular complexity index is 76.3. The number of aliphatic hydroxyl groups excluding tert-OH is 2. The molecule has 0 rings (SSSR count). The Balaban J connectivity index is 4.01. The molecule has 3 heteroatoms. The van der Waals surface area contributed by atoms with Gasteiger partial charge < -0.3 is 15.3 Å². The smallest absolute Gasteiger partial charge is 0.116 e. The lowest BCUT2D eigenvalue weighted by Gasteiger charge is -2.28. The second kappa shape index (κ2) is 2.64. The number of hydrogen-bond donors (Lipinski definition) is 3. The van der Waals surface area contributed by atoms with E-state index in [0.717, 1.165) is 0 Å². The van der Waals surface area contributed by atoms with E-state index < -0.39 is 17.8 Å². The highest BCUT2D eigenvalue weighted by Crippen LogP contribution is 2.13. The van der Waals surface area contributed by atoms with Crippen LogP contribution in [0.2, 0.25) is 0 Å². The number of hydrogen-bond acceptors (Lipinski definition) is 3. The van der Waals surface area contributed by atoms with Crippen LogP contribution in [0.25, 0.3) is 0 Å². The summed E-state index contributed by atoms with van der Waals surface area (Å²) in [5.74, 6) is 0. The van der Waals surface area contributed by atoms with Crippen molar-refractivity contribution < 1.29 is 15.3 Å². The number of aliphatic hydroxyl groups is 3. The molecule has 0 heterocycles. The van der Waals surface area contributed by atoms with Crippen LogP contribution in [-0.4, -0.2) is 33.1 Å². The highest BCUT2D eigenvalue weighted by molar-refractivity contribution is 4.91. The lowest BCUT2D eigenvalue weighted by atomic mass is 9.95. The second-order valence-electron chi connectivity index (χ2n) is 2.34. The van der Waals surface area contributed by atoms with Crippen molar-refractivity contribution in [2.24, 2.45) is 0 Å². The van der Waals surface area contributed by atoms with Crippen molar-refractivity contribution in [1.29, 1.82) is 0 Å². The van der Waals surface area contributed by atoms with Crippen LogP contribution < -0.4 is 0 Å². The predicted molar refractivity (Wildman–Crippen MR) is 33.7 cm³/mol. The largest absolute Gasteiger partial charge is 0.390 e. The SMILES string of the molecule is [CH2]C(O)(C(C)O)C(C)O. The zero-order valence-corrected chi connectivity index (χ0v) is 5.70. The maximum Gasteiger partial charge on any atom is 0.116 e. The highest BCUT2D eigenvalue weighted by atomic mass is 16.4. The summed E-state index contributed by atoms with van der Waals surface area (Å²) in [5.41, 5.74) is -1.64. The lowest BCUT2D eigenvalue weighted by Crippen LogP contribution is -2.47. The zero-order chi connectivity index (χ0) is 7.65. The van der Waals surface area contributed by atoms with Crippen molar-refractivity contribution in [3.05, 3.63) is 6.92 Å². The van der Waals surface area contributed by atoms with Crippen molar-refractivity contribution in [2.45, 2.75) is 31.7 Å². The molecule has 1 radical (unpaired) electrons. The average Bonchev–Trinajstić information content (AvgIpc) is 1.65. The average molecular weight is 133 g/mol. The molecule has 0 aromatic heterocycles. The van der Waals surface area contributed by atoms with Gasteiger partial charge in [0.05, 0.1) is 12.2 Å². The van der Waals surface area contributed by atoms with Crippen LogP contribution in [0.15, 0.2) is 0 Å². The Morgan fingerprint density at radius 2 is 1.44 bits per heavy atom. The molecule has 0 spiro atoms. The minimum absolute atomic E-state index is 1.02. The van der Waals surface area contributed by atoms with Gasteiger partial charge in [-0.1, -0.05) is 0 Å². The topological polar surface area (TPSA) is 60.7 Å². The molecule has 0 aliphatic carbocycles. The van der Waals surface area contributed by atoms with Crippen molar-refractivity contribution >= 4 is 0 Å². The van der Waals surface area contributed by atoms with Gasteiger partial charge in [0.25, 0.3) is 0 Å². The molecule has 2 atom stereocenters. The molecule has 3 N–H and O–H groups in total. The Morgan fingerprint density at radius 3 is 1.44 bits per heavy atom. The van der Waals surface area contributed by atoms with Gasteiger partial charge in [-0.05, 0) is 20.8 Å². The molecular formula is C6H13O3. The molecule has 2 unspecified atom stereocenters. The molecule has 0 aliphatic heterocycles. The van der Waals surface area contributed by atoms with Crippen LogP contribution in [0, 0.1) is 6.92 Å². The monoisotopic (exact) mass is 133 g/mol. The molecule has 0 fully saturated rings. The van der Waals surface area contributed by atoms with Gasteiger partial charge in [-0.25, -0.2) is 0 Å². The van der Waals surface area contributed by atoms with Crippen molar-refractivity contribution in [2.75, 3.05) is 0 Å². The molecule has 0 amide bonds. The molecular weight excluding hydrogens is 120 g/mol. The summed E-state index contributed by atoms with van der Waals surface area (Å²) in [5, 5.41) is 26.6. The minimum atomic E-state index is -1.64. The van der Waals surface area contributed by atoms with Crippen molar-refractivity contribution in [3.63, 3.8) is 0 Å². The van der Waals surface area contributed by atoms with E-state index in [9.17, 15) is 0 Å². The van der Waals surface area contributed by atoms with Crippen LogP contribution in [-0.2, 0) is 0 Å². The van der Waals surface area contributed by atoms with E-state index in [2.05, 4.69) is 6.92 Å². The second-order valence-corrected chi connectivity index (χ2v) is 2.34. The van der Waals surface area contributed by atoms with E-state index in [4.69, 9.17) is 15.3 Å². The van der Waals surface area contributed by atoms with Crippen molar-refractivity contribution in [3.8, 4) is 0 Å². The van der Waals surface area contributed by atoms with E-state index in [1.54, 1.807) is 0 Å². The Labute approximate surface area is 54.9 Å². The first-order chi connectivity index (χ1) is 3.89. The fraction of sp³-hybridized carbons (Fsp3) is 0.833. The van der Waals surface area contributed by atoms with Crippen LogP contribution >= 0.6 is 0 Å². The third kappa shape index (κ3) is 1.93. The highest BCUT2D eigenvalue weighted by Gasteiger charge is 2.32. The van der Waals surface area contributed by atoms with Crippen LogP contribution in [0.3, 0.4) is 0 Å². The van der Waals surface area contributed by atoms with Crippen LogP contribution in [0.1, 0.15) is 13.8 Å². The summed E-state index contributed by atoms with van der Waals surface area (Å²) < 4.78 is 0. The Hall–Kier alpha value is -0.120. The van der Waals surface area contributed by atoms with Crippen molar-refractivity contribution in [1.82, 2.24) is 0 Å². The summed E-state index contributed by atoms with van der Waals surface area (Å²) in [6, 6.07) is 0. The summed E-state index contributed by atoms with van der Waals surface area (Å²) in [7, 11) is 0. The number of rotatable bonds is 2. The summed E-state index contributed by atoms with van der Waals surface area (Å²) in [6.45, 7) is 5.97. The first-order valence-electron chi connectivity index (χ1n) is 2.83. The van der Waals surface area contributed by atoms with E-state index in [1.807, 2.05) is 0 Å². The van der Waals surface area contributed by atoms with Gasteiger partial charge in [-0.3, -0.25) is 0 Å². The molecule has 0 saturated heterocycles. The van der Waals surface area contributed by atoms with Gasteiger partial charge in [0, 0.05) is 0 Å². The Morgan fingerprint density at radius 1 is 1.22 bits per heavy atom. The first-order valence-corrected chi connectivity index (χ1v) is 2.83. The quantitative estimate of drug-likeness (QED) is 0.467. The van der Waals surface area contributed by atoms with Crippen LogP contribution in [0.4, 0.5) is 0 Å². The normalized spacial score (nSPS) is 24.7. The fourth-order valence-electron chi connectivity index (χ4n) is 0.349. The molecule has 55 valence electrons. The van der Waals surface area contributed by atoms with Gasteiger partial charge in [0.1, 0.15) is 5.60 Å².